The molecule has 2 N–H and O–H groups in total. The van der Waals surface area contributed by atoms with Gasteiger partial charge in [-0.15, -0.1) is 0 Å². The second-order valence-electron chi connectivity index (χ2n) is 2.75. The van der Waals surface area contributed by atoms with Crippen LogP contribution in [0.25, 0.3) is 0 Å². The number of halogens is 1. The van der Waals surface area contributed by atoms with E-state index in [9.17, 15) is 4.39 Å². The summed E-state index contributed by atoms with van der Waals surface area (Å²) < 4.78 is 13.0. The van der Waals surface area contributed by atoms with Gasteiger partial charge in [0, 0.05) is 31.4 Å². The molecule has 3 nitrogen and oxygen atoms in total. The Morgan fingerprint density at radius 1 is 1.46 bits per heavy atom. The molecule has 0 radical (unpaired) electrons. The number of aromatic nitrogens is 1. The first-order valence-electron chi connectivity index (χ1n) is 4.28. The molecular weight excluding hydrogens is 169 g/mol. The number of nitrogens with zero attached hydrogens (tertiary/aromatic N) is 1. The van der Waals surface area contributed by atoms with Crippen molar-refractivity contribution >= 4 is 0 Å². The van der Waals surface area contributed by atoms with Crippen LogP contribution in [-0.2, 0) is 6.54 Å². The second kappa shape index (κ2) is 5.61. The average molecular weight is 183 g/mol. The Kier molecular flexibility index (Phi) is 4.35. The fourth-order valence-corrected chi connectivity index (χ4v) is 0.984. The molecule has 1 aromatic heterocycles. The van der Waals surface area contributed by atoms with Crippen LogP contribution >= 0.6 is 0 Å². The van der Waals surface area contributed by atoms with Crippen LogP contribution < -0.4 is 10.6 Å². The van der Waals surface area contributed by atoms with Gasteiger partial charge in [-0.1, -0.05) is 0 Å². The minimum atomic E-state index is -0.251. The lowest BCUT2D eigenvalue weighted by atomic mass is 10.2. The van der Waals surface area contributed by atoms with E-state index in [1.54, 1.807) is 12.3 Å². The summed E-state index contributed by atoms with van der Waals surface area (Å²) in [5.74, 6) is -0.251. The van der Waals surface area contributed by atoms with Crippen LogP contribution in [0.15, 0.2) is 18.5 Å². The lowest BCUT2D eigenvalue weighted by Crippen LogP contribution is -2.24. The molecular formula is C9H14FN3. The molecule has 13 heavy (non-hydrogen) atoms. The van der Waals surface area contributed by atoms with E-state index in [1.807, 2.05) is 7.05 Å². The summed E-state index contributed by atoms with van der Waals surface area (Å²) in [5, 5.41) is 6.11. The van der Waals surface area contributed by atoms with Crippen LogP contribution in [-0.4, -0.2) is 25.1 Å². The molecule has 0 fully saturated rings. The smallest absolute Gasteiger partial charge is 0.145 e. The number of pyridine rings is 1. The highest BCUT2D eigenvalue weighted by Crippen LogP contribution is 2.02. The minimum Gasteiger partial charge on any atom is -0.318 e. The molecule has 0 atom stereocenters. The molecule has 72 valence electrons. The molecule has 1 rings (SSSR count). The molecule has 0 saturated carbocycles. The summed E-state index contributed by atoms with van der Waals surface area (Å²) in [6.07, 6.45) is 2.83. The van der Waals surface area contributed by atoms with Crippen molar-refractivity contribution in [2.24, 2.45) is 0 Å². The van der Waals surface area contributed by atoms with Crippen LogP contribution in [0.4, 0.5) is 4.39 Å². The van der Waals surface area contributed by atoms with E-state index in [0.29, 0.717) is 12.1 Å². The molecule has 0 amide bonds. The molecule has 0 aliphatic carbocycles. The Hall–Kier alpha value is -1.00. The van der Waals surface area contributed by atoms with Crippen molar-refractivity contribution < 1.29 is 4.39 Å². The third-order valence-corrected chi connectivity index (χ3v) is 1.72. The Morgan fingerprint density at radius 3 is 3.00 bits per heavy atom. The highest BCUT2D eigenvalue weighted by atomic mass is 19.1. The summed E-state index contributed by atoms with van der Waals surface area (Å²) in [6, 6.07) is 1.68. The maximum Gasteiger partial charge on any atom is 0.145 e. The first-order valence-corrected chi connectivity index (χ1v) is 4.28. The summed E-state index contributed by atoms with van der Waals surface area (Å²) in [5.41, 5.74) is 0.658. The van der Waals surface area contributed by atoms with Crippen molar-refractivity contribution in [1.82, 2.24) is 15.6 Å². The number of rotatable bonds is 5. The van der Waals surface area contributed by atoms with Crippen LogP contribution in [0.2, 0.25) is 0 Å². The van der Waals surface area contributed by atoms with Gasteiger partial charge < -0.3 is 10.6 Å². The molecule has 0 saturated heterocycles. The van der Waals surface area contributed by atoms with Gasteiger partial charge in [0.25, 0.3) is 0 Å². The van der Waals surface area contributed by atoms with Gasteiger partial charge in [0.2, 0.25) is 0 Å². The number of likely N-dealkylation sites (N-methyl/N-ethyl adjacent to an activating group) is 1. The molecule has 4 heteroatoms. The Labute approximate surface area is 77.4 Å². The minimum absolute atomic E-state index is 0.251. The third kappa shape index (κ3) is 3.48. The fraction of sp³-hybridized carbons (Fsp3) is 0.444. The molecule has 0 spiro atoms. The molecule has 1 heterocycles. The highest BCUT2D eigenvalue weighted by Gasteiger charge is 1.98. The fourth-order valence-electron chi connectivity index (χ4n) is 0.984. The molecule has 0 unspecified atom stereocenters. The van der Waals surface area contributed by atoms with Gasteiger partial charge in [0.15, 0.2) is 0 Å². The first-order chi connectivity index (χ1) is 6.34. The van der Waals surface area contributed by atoms with Gasteiger partial charge in [0.1, 0.15) is 5.82 Å². The van der Waals surface area contributed by atoms with Gasteiger partial charge in [0.05, 0.1) is 6.20 Å². The van der Waals surface area contributed by atoms with Crippen LogP contribution in [0, 0.1) is 5.82 Å². The monoisotopic (exact) mass is 183 g/mol. The zero-order valence-corrected chi connectivity index (χ0v) is 7.68. The van der Waals surface area contributed by atoms with Gasteiger partial charge in [-0.2, -0.15) is 0 Å². The maximum absolute atomic E-state index is 13.0. The number of nitrogens with one attached hydrogen (secondary N) is 2. The van der Waals surface area contributed by atoms with E-state index in [4.69, 9.17) is 0 Å². The summed E-state index contributed by atoms with van der Waals surface area (Å²) in [4.78, 5) is 3.67. The van der Waals surface area contributed by atoms with E-state index >= 15 is 0 Å². The van der Waals surface area contributed by atoms with Crippen molar-refractivity contribution in [1.29, 1.82) is 0 Å². The van der Waals surface area contributed by atoms with Crippen molar-refractivity contribution in [2.75, 3.05) is 20.1 Å². The van der Waals surface area contributed by atoms with Crippen LogP contribution in [0.1, 0.15) is 5.56 Å². The Balaban J connectivity index is 2.32. The summed E-state index contributed by atoms with van der Waals surface area (Å²) in [7, 11) is 1.88. The van der Waals surface area contributed by atoms with Gasteiger partial charge in [-0.05, 0) is 13.1 Å². The molecule has 1 aromatic rings. The summed E-state index contributed by atoms with van der Waals surface area (Å²) >= 11 is 0. The Morgan fingerprint density at radius 2 is 2.31 bits per heavy atom. The van der Waals surface area contributed by atoms with Crippen LogP contribution in [0.5, 0.6) is 0 Å². The van der Waals surface area contributed by atoms with E-state index in [0.717, 1.165) is 13.1 Å². The predicted octanol–water partition coefficient (Wildman–Crippen LogP) is 0.530. The number of hydrogen-bond acceptors (Lipinski definition) is 3. The lowest BCUT2D eigenvalue weighted by Gasteiger charge is -2.04. The average Bonchev–Trinajstić information content (AvgIpc) is 2.15. The van der Waals surface area contributed by atoms with Crippen molar-refractivity contribution in [3.8, 4) is 0 Å². The standard InChI is InChI=1S/C9H14FN3/c1-11-4-5-13-6-8-2-3-12-7-9(8)10/h2-3,7,11,13H,4-6H2,1H3. The van der Waals surface area contributed by atoms with Gasteiger partial charge >= 0.3 is 0 Å². The van der Waals surface area contributed by atoms with Crippen molar-refractivity contribution in [3.63, 3.8) is 0 Å². The zero-order chi connectivity index (χ0) is 9.52. The van der Waals surface area contributed by atoms with Crippen molar-refractivity contribution in [3.05, 3.63) is 29.8 Å². The molecule has 0 bridgehead atoms. The Bertz CT molecular complexity index is 252. The van der Waals surface area contributed by atoms with Gasteiger partial charge in [-0.3, -0.25) is 4.98 Å². The maximum atomic E-state index is 13.0. The predicted molar refractivity (Wildman–Crippen MR) is 49.8 cm³/mol. The second-order valence-corrected chi connectivity index (χ2v) is 2.75. The molecule has 0 aromatic carbocycles. The van der Waals surface area contributed by atoms with E-state index in [2.05, 4.69) is 15.6 Å². The first kappa shape index (κ1) is 10.1. The topological polar surface area (TPSA) is 37.0 Å². The highest BCUT2D eigenvalue weighted by molar-refractivity contribution is 5.11. The van der Waals surface area contributed by atoms with Crippen molar-refractivity contribution in [2.45, 2.75) is 6.54 Å². The van der Waals surface area contributed by atoms with E-state index in [-0.39, 0.29) is 5.82 Å². The van der Waals surface area contributed by atoms with E-state index in [1.165, 1.54) is 6.20 Å². The normalized spacial score (nSPS) is 10.3. The zero-order valence-electron chi connectivity index (χ0n) is 7.68. The largest absolute Gasteiger partial charge is 0.318 e. The molecule has 0 aliphatic rings. The number of hydrogen-bond donors (Lipinski definition) is 2. The quantitative estimate of drug-likeness (QED) is 0.654. The lowest BCUT2D eigenvalue weighted by molar-refractivity contribution is 0.578. The third-order valence-electron chi connectivity index (χ3n) is 1.72. The molecule has 0 aliphatic heterocycles. The van der Waals surface area contributed by atoms with E-state index < -0.39 is 0 Å². The SMILES string of the molecule is CNCCNCc1ccncc1F. The van der Waals surface area contributed by atoms with Crippen LogP contribution in [0.3, 0.4) is 0 Å². The summed E-state index contributed by atoms with van der Waals surface area (Å²) in [6.45, 7) is 2.26. The van der Waals surface area contributed by atoms with Gasteiger partial charge in [-0.25, -0.2) is 4.39 Å².